The zero-order valence-corrected chi connectivity index (χ0v) is 8.96. The molecule has 0 aliphatic carbocycles. The van der Waals surface area contributed by atoms with Crippen molar-refractivity contribution in [1.82, 2.24) is 9.97 Å². The lowest BCUT2D eigenvalue weighted by Gasteiger charge is -2.16. The van der Waals surface area contributed by atoms with Gasteiger partial charge in [-0.1, -0.05) is 20.8 Å². The predicted molar refractivity (Wildman–Crippen MR) is 55.0 cm³/mol. The van der Waals surface area contributed by atoms with E-state index >= 15 is 0 Å². The van der Waals surface area contributed by atoms with Gasteiger partial charge in [-0.2, -0.15) is 0 Å². The Morgan fingerprint density at radius 1 is 1.43 bits per heavy atom. The molecule has 0 saturated heterocycles. The fraction of sp³-hybridized carbons (Fsp3) is 0.500. The van der Waals surface area contributed by atoms with E-state index in [9.17, 15) is 4.79 Å². The molecule has 0 spiro atoms. The number of aromatic nitrogens is 2. The minimum Gasteiger partial charge on any atom is -0.311 e. The van der Waals surface area contributed by atoms with E-state index < -0.39 is 0 Å². The molecule has 0 fully saturated rings. The topological polar surface area (TPSA) is 54.9 Å². The van der Waals surface area contributed by atoms with Gasteiger partial charge < -0.3 is 5.32 Å². The highest BCUT2D eigenvalue weighted by molar-refractivity contribution is 5.87. The lowest BCUT2D eigenvalue weighted by Crippen LogP contribution is -2.17. The third kappa shape index (κ3) is 2.80. The predicted octanol–water partition coefficient (Wildman–Crippen LogP) is 1.73. The smallest absolute Gasteiger partial charge is 0.222 e. The van der Waals surface area contributed by atoms with Gasteiger partial charge in [0.2, 0.25) is 5.91 Å². The normalized spacial score (nSPS) is 11.1. The van der Waals surface area contributed by atoms with Gasteiger partial charge in [-0.25, -0.2) is 9.97 Å². The first kappa shape index (κ1) is 10.6. The quantitative estimate of drug-likeness (QED) is 0.739. The number of carbonyl (C=O) groups excluding carboxylic acids is 1. The number of hydrogen-bond acceptors (Lipinski definition) is 3. The van der Waals surface area contributed by atoms with Gasteiger partial charge in [0.05, 0.1) is 0 Å². The number of amides is 1. The van der Waals surface area contributed by atoms with Gasteiger partial charge in [-0.15, -0.1) is 0 Å². The van der Waals surface area contributed by atoms with E-state index in [2.05, 4.69) is 15.3 Å². The van der Waals surface area contributed by atoms with E-state index in [1.54, 1.807) is 12.3 Å². The molecule has 4 heteroatoms. The van der Waals surface area contributed by atoms with E-state index in [4.69, 9.17) is 0 Å². The molecule has 1 amide bonds. The van der Waals surface area contributed by atoms with Crippen molar-refractivity contribution in [2.24, 2.45) is 0 Å². The molecule has 0 bridgehead atoms. The monoisotopic (exact) mass is 193 g/mol. The van der Waals surface area contributed by atoms with Crippen molar-refractivity contribution < 1.29 is 4.79 Å². The maximum Gasteiger partial charge on any atom is 0.222 e. The molecule has 1 N–H and O–H groups in total. The van der Waals surface area contributed by atoms with Crippen LogP contribution in [0.5, 0.6) is 0 Å². The molecule has 76 valence electrons. The van der Waals surface area contributed by atoms with Crippen LogP contribution in [0.3, 0.4) is 0 Å². The Labute approximate surface area is 83.8 Å². The summed E-state index contributed by atoms with van der Waals surface area (Å²) < 4.78 is 0. The molecular formula is C10H15N3O. The molecule has 0 aliphatic heterocycles. The highest BCUT2D eigenvalue weighted by atomic mass is 16.1. The molecule has 0 aliphatic rings. The van der Waals surface area contributed by atoms with Crippen LogP contribution in [0.2, 0.25) is 0 Å². The largest absolute Gasteiger partial charge is 0.311 e. The SMILES string of the molecule is CC(=O)Nc1ccnc(C(C)(C)C)n1. The van der Waals surface area contributed by atoms with Crippen molar-refractivity contribution in [1.29, 1.82) is 0 Å². The van der Waals surface area contributed by atoms with Crippen molar-refractivity contribution in [2.75, 3.05) is 5.32 Å². The number of nitrogens with zero attached hydrogens (tertiary/aromatic N) is 2. The second-order valence-corrected chi connectivity index (χ2v) is 4.20. The average Bonchev–Trinajstić information content (AvgIpc) is 2.01. The molecular weight excluding hydrogens is 178 g/mol. The first-order valence-electron chi connectivity index (χ1n) is 4.51. The van der Waals surface area contributed by atoms with E-state index in [-0.39, 0.29) is 11.3 Å². The minimum atomic E-state index is -0.122. The number of anilines is 1. The number of carbonyl (C=O) groups is 1. The lowest BCUT2D eigenvalue weighted by atomic mass is 9.96. The van der Waals surface area contributed by atoms with E-state index in [0.29, 0.717) is 5.82 Å². The molecule has 0 saturated carbocycles. The molecule has 1 rings (SSSR count). The number of nitrogens with one attached hydrogen (secondary N) is 1. The molecule has 0 atom stereocenters. The van der Waals surface area contributed by atoms with E-state index in [1.165, 1.54) is 6.92 Å². The molecule has 0 aromatic carbocycles. The highest BCUT2D eigenvalue weighted by Gasteiger charge is 2.17. The van der Waals surface area contributed by atoms with Crippen molar-refractivity contribution in [3.05, 3.63) is 18.1 Å². The van der Waals surface area contributed by atoms with Crippen molar-refractivity contribution in [3.8, 4) is 0 Å². The summed E-state index contributed by atoms with van der Waals surface area (Å²) in [5.41, 5.74) is -0.103. The fourth-order valence-corrected chi connectivity index (χ4v) is 0.970. The first-order chi connectivity index (χ1) is 6.39. The van der Waals surface area contributed by atoms with Crippen molar-refractivity contribution in [2.45, 2.75) is 33.1 Å². The Balaban J connectivity index is 2.95. The minimum absolute atomic E-state index is 0.103. The van der Waals surface area contributed by atoms with Gasteiger partial charge in [0, 0.05) is 18.5 Å². The van der Waals surface area contributed by atoms with Crippen LogP contribution in [-0.4, -0.2) is 15.9 Å². The Morgan fingerprint density at radius 3 is 2.57 bits per heavy atom. The van der Waals surface area contributed by atoms with E-state index in [0.717, 1.165) is 5.82 Å². The Hall–Kier alpha value is -1.45. The zero-order chi connectivity index (χ0) is 10.8. The fourth-order valence-electron chi connectivity index (χ4n) is 0.970. The Morgan fingerprint density at radius 2 is 2.07 bits per heavy atom. The zero-order valence-electron chi connectivity index (χ0n) is 8.96. The van der Waals surface area contributed by atoms with Gasteiger partial charge in [-0.05, 0) is 6.07 Å². The summed E-state index contributed by atoms with van der Waals surface area (Å²) in [4.78, 5) is 19.2. The van der Waals surface area contributed by atoms with Crippen molar-refractivity contribution >= 4 is 11.7 Å². The highest BCUT2D eigenvalue weighted by Crippen LogP contribution is 2.18. The van der Waals surface area contributed by atoms with Crippen LogP contribution in [0.15, 0.2) is 12.3 Å². The Bertz CT molecular complexity index is 341. The maximum absolute atomic E-state index is 10.8. The number of rotatable bonds is 1. The first-order valence-corrected chi connectivity index (χ1v) is 4.51. The van der Waals surface area contributed by atoms with Crippen LogP contribution in [-0.2, 0) is 10.2 Å². The molecule has 0 radical (unpaired) electrons. The van der Waals surface area contributed by atoms with Crippen LogP contribution in [0.1, 0.15) is 33.5 Å². The second kappa shape index (κ2) is 3.74. The van der Waals surface area contributed by atoms with Crippen LogP contribution in [0.4, 0.5) is 5.82 Å². The molecule has 1 aromatic rings. The second-order valence-electron chi connectivity index (χ2n) is 4.20. The standard InChI is InChI=1S/C10H15N3O/c1-7(14)12-8-5-6-11-9(13-8)10(2,3)4/h5-6H,1-4H3,(H,11,12,13,14). The Kier molecular flexibility index (Phi) is 2.84. The summed E-state index contributed by atoms with van der Waals surface area (Å²) in [6.07, 6.45) is 1.65. The van der Waals surface area contributed by atoms with Gasteiger partial charge in [0.25, 0.3) is 0 Å². The molecule has 14 heavy (non-hydrogen) atoms. The van der Waals surface area contributed by atoms with Gasteiger partial charge in [-0.3, -0.25) is 4.79 Å². The maximum atomic E-state index is 10.8. The molecule has 0 unspecified atom stereocenters. The molecule has 1 aromatic heterocycles. The van der Waals surface area contributed by atoms with Crippen molar-refractivity contribution in [3.63, 3.8) is 0 Å². The summed E-state index contributed by atoms with van der Waals surface area (Å²) in [5, 5.41) is 2.63. The third-order valence-corrected chi connectivity index (χ3v) is 1.63. The molecule has 1 heterocycles. The molecule has 4 nitrogen and oxygen atoms in total. The van der Waals surface area contributed by atoms with Gasteiger partial charge in [0.1, 0.15) is 11.6 Å². The summed E-state index contributed by atoms with van der Waals surface area (Å²) in [6, 6.07) is 1.68. The van der Waals surface area contributed by atoms with Gasteiger partial charge >= 0.3 is 0 Å². The summed E-state index contributed by atoms with van der Waals surface area (Å²) in [7, 11) is 0. The van der Waals surface area contributed by atoms with Crippen LogP contribution in [0.25, 0.3) is 0 Å². The average molecular weight is 193 g/mol. The van der Waals surface area contributed by atoms with Crippen LogP contribution < -0.4 is 5.32 Å². The van der Waals surface area contributed by atoms with E-state index in [1.807, 2.05) is 20.8 Å². The lowest BCUT2D eigenvalue weighted by molar-refractivity contribution is -0.114. The summed E-state index contributed by atoms with van der Waals surface area (Å²) >= 11 is 0. The van der Waals surface area contributed by atoms with Crippen LogP contribution in [0, 0.1) is 0 Å². The summed E-state index contributed by atoms with van der Waals surface area (Å²) in [5.74, 6) is 1.16. The van der Waals surface area contributed by atoms with Gasteiger partial charge in [0.15, 0.2) is 0 Å². The number of hydrogen-bond donors (Lipinski definition) is 1. The third-order valence-electron chi connectivity index (χ3n) is 1.63. The van der Waals surface area contributed by atoms with Crippen LogP contribution >= 0.6 is 0 Å². The summed E-state index contributed by atoms with van der Waals surface area (Å²) in [6.45, 7) is 7.54.